The largest absolute Gasteiger partial charge is 0.476 e. The van der Waals surface area contributed by atoms with Gasteiger partial charge in [0.2, 0.25) is 0 Å². The van der Waals surface area contributed by atoms with Gasteiger partial charge in [-0.25, -0.2) is 9.78 Å². The number of halogens is 1. The van der Waals surface area contributed by atoms with Crippen LogP contribution in [0.15, 0.2) is 36.7 Å². The van der Waals surface area contributed by atoms with Gasteiger partial charge in [0.15, 0.2) is 5.69 Å². The Morgan fingerprint density at radius 1 is 1.26 bits per heavy atom. The number of aromatic carboxylic acids is 1. The Morgan fingerprint density at radius 2 is 2.00 bits per heavy atom. The van der Waals surface area contributed by atoms with E-state index in [1.54, 1.807) is 18.5 Å². The molecular formula is C13H12ClN3O2. The van der Waals surface area contributed by atoms with Crippen LogP contribution in [0.5, 0.6) is 0 Å². The fraction of sp³-hybridized carbons (Fsp3) is 0.154. The van der Waals surface area contributed by atoms with E-state index in [9.17, 15) is 4.79 Å². The summed E-state index contributed by atoms with van der Waals surface area (Å²) in [7, 11) is 0. The molecule has 0 aromatic carbocycles. The molecule has 2 aromatic rings. The highest BCUT2D eigenvalue weighted by atomic mass is 35.5. The fourth-order valence-corrected chi connectivity index (χ4v) is 1.76. The molecule has 2 N–H and O–H groups in total. The van der Waals surface area contributed by atoms with Gasteiger partial charge in [-0.2, -0.15) is 0 Å². The van der Waals surface area contributed by atoms with Gasteiger partial charge in [0, 0.05) is 18.9 Å². The van der Waals surface area contributed by atoms with Crippen molar-refractivity contribution in [1.29, 1.82) is 0 Å². The summed E-state index contributed by atoms with van der Waals surface area (Å²) in [6, 6.07) is 7.04. The number of nitrogens with zero attached hydrogens (tertiary/aromatic N) is 2. The van der Waals surface area contributed by atoms with Crippen molar-refractivity contribution < 1.29 is 9.90 Å². The van der Waals surface area contributed by atoms with E-state index in [0.717, 1.165) is 12.0 Å². The molecule has 0 saturated heterocycles. The van der Waals surface area contributed by atoms with E-state index in [1.807, 2.05) is 12.1 Å². The quantitative estimate of drug-likeness (QED) is 0.878. The third-order valence-electron chi connectivity index (χ3n) is 2.52. The molecule has 0 amide bonds. The highest BCUT2D eigenvalue weighted by Crippen LogP contribution is 2.16. The molecule has 2 aromatic heterocycles. The van der Waals surface area contributed by atoms with Crippen molar-refractivity contribution in [2.24, 2.45) is 0 Å². The lowest BCUT2D eigenvalue weighted by Gasteiger charge is -2.07. The molecule has 98 valence electrons. The van der Waals surface area contributed by atoms with Gasteiger partial charge in [-0.05, 0) is 36.2 Å². The number of hydrogen-bond donors (Lipinski definition) is 2. The van der Waals surface area contributed by atoms with Gasteiger partial charge in [-0.1, -0.05) is 11.6 Å². The first kappa shape index (κ1) is 13.3. The maximum atomic E-state index is 10.9. The van der Waals surface area contributed by atoms with Gasteiger partial charge in [-0.15, -0.1) is 0 Å². The molecule has 0 spiro atoms. The number of carboxylic acid groups (broad SMARTS) is 1. The van der Waals surface area contributed by atoms with E-state index < -0.39 is 5.97 Å². The SMILES string of the molecule is O=C(O)c1nc(NCCc2ccncc2)ccc1Cl. The second-order valence-electron chi connectivity index (χ2n) is 3.86. The highest BCUT2D eigenvalue weighted by Gasteiger charge is 2.11. The maximum absolute atomic E-state index is 10.9. The molecule has 0 saturated carbocycles. The van der Waals surface area contributed by atoms with Crippen LogP contribution >= 0.6 is 11.6 Å². The third kappa shape index (κ3) is 3.66. The topological polar surface area (TPSA) is 75.1 Å². The lowest BCUT2D eigenvalue weighted by Crippen LogP contribution is -2.09. The van der Waals surface area contributed by atoms with Crippen LogP contribution in [0.1, 0.15) is 16.1 Å². The molecule has 5 nitrogen and oxygen atoms in total. The first-order valence-electron chi connectivity index (χ1n) is 5.69. The summed E-state index contributed by atoms with van der Waals surface area (Å²) in [5.74, 6) is -0.640. The molecule has 0 bridgehead atoms. The summed E-state index contributed by atoms with van der Waals surface area (Å²) in [6.07, 6.45) is 4.27. The first-order chi connectivity index (χ1) is 9.16. The van der Waals surface area contributed by atoms with Crippen molar-refractivity contribution in [3.63, 3.8) is 0 Å². The molecule has 19 heavy (non-hydrogen) atoms. The van der Waals surface area contributed by atoms with Crippen molar-refractivity contribution in [3.05, 3.63) is 52.9 Å². The minimum absolute atomic E-state index is 0.132. The summed E-state index contributed by atoms with van der Waals surface area (Å²) in [5, 5.41) is 12.1. The lowest BCUT2D eigenvalue weighted by molar-refractivity contribution is 0.0691. The second kappa shape index (κ2) is 6.15. The minimum Gasteiger partial charge on any atom is -0.476 e. The molecule has 0 unspecified atom stereocenters. The van der Waals surface area contributed by atoms with E-state index in [4.69, 9.17) is 16.7 Å². The number of anilines is 1. The number of aromatic nitrogens is 2. The number of carboxylic acids is 1. The number of hydrogen-bond acceptors (Lipinski definition) is 4. The van der Waals surface area contributed by atoms with Gasteiger partial charge in [0.25, 0.3) is 0 Å². The van der Waals surface area contributed by atoms with Crippen LogP contribution in [0.25, 0.3) is 0 Å². The van der Waals surface area contributed by atoms with Crippen molar-refractivity contribution in [2.75, 3.05) is 11.9 Å². The zero-order valence-corrected chi connectivity index (χ0v) is 10.8. The predicted octanol–water partition coefficient (Wildman–Crippen LogP) is 2.48. The summed E-state index contributed by atoms with van der Waals surface area (Å²) in [6.45, 7) is 0.651. The van der Waals surface area contributed by atoms with Crippen LogP contribution < -0.4 is 5.32 Å². The summed E-state index contributed by atoms with van der Waals surface area (Å²) < 4.78 is 0. The van der Waals surface area contributed by atoms with Crippen LogP contribution in [0.4, 0.5) is 5.82 Å². The maximum Gasteiger partial charge on any atom is 0.356 e. The Labute approximate surface area is 115 Å². The molecule has 0 atom stereocenters. The Bertz CT molecular complexity index is 575. The lowest BCUT2D eigenvalue weighted by atomic mass is 10.2. The standard InChI is InChI=1S/C13H12ClN3O2/c14-10-1-2-11(17-12(10)13(18)19)16-8-5-9-3-6-15-7-4-9/h1-4,6-7H,5,8H2,(H,16,17)(H,18,19). The zero-order chi connectivity index (χ0) is 13.7. The monoisotopic (exact) mass is 277 g/mol. The predicted molar refractivity (Wildman–Crippen MR) is 72.6 cm³/mol. The van der Waals surface area contributed by atoms with Crippen LogP contribution in [0.2, 0.25) is 5.02 Å². The molecule has 2 rings (SSSR count). The number of carbonyl (C=O) groups is 1. The molecule has 2 heterocycles. The van der Waals surface area contributed by atoms with Gasteiger partial charge < -0.3 is 10.4 Å². The average Bonchev–Trinajstić information content (AvgIpc) is 2.41. The second-order valence-corrected chi connectivity index (χ2v) is 4.27. The van der Waals surface area contributed by atoms with Crippen LogP contribution in [0, 0.1) is 0 Å². The third-order valence-corrected chi connectivity index (χ3v) is 2.82. The van der Waals surface area contributed by atoms with Gasteiger partial charge in [0.05, 0.1) is 5.02 Å². The van der Waals surface area contributed by atoms with Crippen molar-refractivity contribution in [2.45, 2.75) is 6.42 Å². The Balaban J connectivity index is 1.97. The Morgan fingerprint density at radius 3 is 2.68 bits per heavy atom. The van der Waals surface area contributed by atoms with E-state index in [0.29, 0.717) is 12.4 Å². The fourth-order valence-electron chi connectivity index (χ4n) is 1.57. The van der Waals surface area contributed by atoms with E-state index in [-0.39, 0.29) is 10.7 Å². The van der Waals surface area contributed by atoms with Crippen molar-refractivity contribution in [3.8, 4) is 0 Å². The first-order valence-corrected chi connectivity index (χ1v) is 6.07. The number of nitrogens with one attached hydrogen (secondary N) is 1. The summed E-state index contributed by atoms with van der Waals surface area (Å²) >= 11 is 5.74. The molecule has 0 aliphatic rings. The molecule has 0 radical (unpaired) electrons. The van der Waals surface area contributed by atoms with E-state index >= 15 is 0 Å². The normalized spacial score (nSPS) is 10.2. The Kier molecular flexibility index (Phi) is 4.30. The van der Waals surface area contributed by atoms with Crippen molar-refractivity contribution in [1.82, 2.24) is 9.97 Å². The summed E-state index contributed by atoms with van der Waals surface area (Å²) in [4.78, 5) is 18.8. The molecular weight excluding hydrogens is 266 g/mol. The molecule has 0 fully saturated rings. The number of pyridine rings is 2. The van der Waals surface area contributed by atoms with Crippen LogP contribution in [0.3, 0.4) is 0 Å². The van der Waals surface area contributed by atoms with Gasteiger partial charge >= 0.3 is 5.97 Å². The van der Waals surface area contributed by atoms with Crippen LogP contribution in [-0.4, -0.2) is 27.6 Å². The van der Waals surface area contributed by atoms with E-state index in [2.05, 4.69) is 15.3 Å². The summed E-state index contributed by atoms with van der Waals surface area (Å²) in [5.41, 5.74) is 1.01. The smallest absolute Gasteiger partial charge is 0.356 e. The van der Waals surface area contributed by atoms with E-state index in [1.165, 1.54) is 6.07 Å². The number of rotatable bonds is 5. The average molecular weight is 278 g/mol. The highest BCUT2D eigenvalue weighted by molar-refractivity contribution is 6.33. The van der Waals surface area contributed by atoms with Gasteiger partial charge in [-0.3, -0.25) is 4.98 Å². The van der Waals surface area contributed by atoms with Gasteiger partial charge in [0.1, 0.15) is 5.82 Å². The zero-order valence-electron chi connectivity index (χ0n) is 10.0. The minimum atomic E-state index is -1.14. The molecule has 0 aliphatic heterocycles. The molecule has 0 aliphatic carbocycles. The van der Waals surface area contributed by atoms with Crippen LogP contribution in [-0.2, 0) is 6.42 Å². The van der Waals surface area contributed by atoms with Crippen molar-refractivity contribution >= 4 is 23.4 Å². The Hall–Kier alpha value is -2.14. The molecule has 6 heteroatoms.